The van der Waals surface area contributed by atoms with Crippen molar-refractivity contribution in [2.75, 3.05) is 33.5 Å². The summed E-state index contributed by atoms with van der Waals surface area (Å²) < 4.78 is 51.2. The van der Waals surface area contributed by atoms with Crippen molar-refractivity contribution in [1.82, 2.24) is 19.0 Å². The van der Waals surface area contributed by atoms with E-state index in [-0.39, 0.29) is 41.4 Å². The van der Waals surface area contributed by atoms with Crippen LogP contribution in [0, 0.1) is 5.82 Å². The van der Waals surface area contributed by atoms with Gasteiger partial charge in [-0.3, -0.25) is 9.69 Å². The van der Waals surface area contributed by atoms with Crippen LogP contribution in [0.5, 0.6) is 5.75 Å². The molecule has 204 valence electrons. The van der Waals surface area contributed by atoms with Crippen LogP contribution in [0.25, 0.3) is 10.8 Å². The molecule has 2 unspecified atom stereocenters. The van der Waals surface area contributed by atoms with Crippen molar-refractivity contribution in [3.05, 3.63) is 83.8 Å². The van der Waals surface area contributed by atoms with E-state index in [2.05, 4.69) is 5.10 Å². The lowest BCUT2D eigenvalue weighted by atomic mass is 9.91. The lowest BCUT2D eigenvalue weighted by molar-refractivity contribution is 0.0897. The van der Waals surface area contributed by atoms with E-state index in [0.29, 0.717) is 11.1 Å². The Morgan fingerprint density at radius 3 is 2.51 bits per heavy atom. The number of aromatic nitrogens is 2. The van der Waals surface area contributed by atoms with Crippen LogP contribution < -0.4 is 10.5 Å². The second-order valence-electron chi connectivity index (χ2n) is 9.76. The van der Waals surface area contributed by atoms with Gasteiger partial charge in [0.25, 0.3) is 5.91 Å². The van der Waals surface area contributed by atoms with Gasteiger partial charge in [-0.05, 0) is 50.5 Å². The first-order valence-electron chi connectivity index (χ1n) is 12.5. The standard InChI is InChI=1S/C28H30FN5O4S/c1-32(2)24-17-19(15-16-33(24)39(36,37)23-14-8-10-18-9-4-5-11-20(18)23)26-25(29)27(30)31-34(26)28(35)21-12-6-7-13-22(21)38-3/h4-14,19,24H,15-17H2,1-3H3,(H2,30,31). The zero-order valence-electron chi connectivity index (χ0n) is 21.9. The fourth-order valence-corrected chi connectivity index (χ4v) is 7.25. The predicted molar refractivity (Wildman–Crippen MR) is 147 cm³/mol. The van der Waals surface area contributed by atoms with Crippen molar-refractivity contribution < 1.29 is 22.3 Å². The number of anilines is 1. The van der Waals surface area contributed by atoms with E-state index >= 15 is 4.39 Å². The minimum Gasteiger partial charge on any atom is -0.496 e. The molecular formula is C28H30FN5O4S. The molecule has 1 aromatic heterocycles. The summed E-state index contributed by atoms with van der Waals surface area (Å²) in [6, 6.07) is 19.2. The second-order valence-corrected chi connectivity index (χ2v) is 11.6. The molecule has 0 amide bonds. The number of piperidine rings is 1. The number of nitrogens with two attached hydrogens (primary N) is 1. The number of nitrogens with zero attached hydrogens (tertiary/aromatic N) is 4. The molecule has 0 spiro atoms. The third kappa shape index (κ3) is 4.66. The van der Waals surface area contributed by atoms with E-state index in [1.807, 2.05) is 24.3 Å². The van der Waals surface area contributed by atoms with Crippen molar-refractivity contribution in [2.24, 2.45) is 0 Å². The van der Waals surface area contributed by atoms with Gasteiger partial charge in [-0.25, -0.2) is 12.8 Å². The summed E-state index contributed by atoms with van der Waals surface area (Å²) in [6.45, 7) is 0.118. The Labute approximate surface area is 226 Å². The maximum Gasteiger partial charge on any atom is 0.282 e. The molecule has 1 saturated heterocycles. The maximum absolute atomic E-state index is 15.4. The minimum absolute atomic E-state index is 0.0393. The number of hydrogen-bond acceptors (Lipinski definition) is 7. The van der Waals surface area contributed by atoms with E-state index in [1.165, 1.54) is 11.4 Å². The van der Waals surface area contributed by atoms with Crippen LogP contribution in [0.15, 0.2) is 71.6 Å². The highest BCUT2D eigenvalue weighted by molar-refractivity contribution is 7.89. The van der Waals surface area contributed by atoms with Gasteiger partial charge in [0.05, 0.1) is 29.4 Å². The number of ether oxygens (including phenoxy) is 1. The van der Waals surface area contributed by atoms with Crippen LogP contribution >= 0.6 is 0 Å². The lowest BCUT2D eigenvalue weighted by Crippen LogP contribution is -2.52. The number of benzene rings is 3. The van der Waals surface area contributed by atoms with Crippen molar-refractivity contribution in [3.63, 3.8) is 0 Å². The van der Waals surface area contributed by atoms with Crippen LogP contribution in [-0.4, -0.2) is 67.2 Å². The van der Waals surface area contributed by atoms with Gasteiger partial charge in [0.15, 0.2) is 11.6 Å². The van der Waals surface area contributed by atoms with Crippen LogP contribution in [0.1, 0.15) is 34.8 Å². The molecule has 39 heavy (non-hydrogen) atoms. The molecule has 3 aromatic carbocycles. The highest BCUT2D eigenvalue weighted by atomic mass is 32.2. The van der Waals surface area contributed by atoms with Crippen LogP contribution in [0.3, 0.4) is 0 Å². The van der Waals surface area contributed by atoms with Gasteiger partial charge in [-0.1, -0.05) is 48.5 Å². The Morgan fingerprint density at radius 2 is 1.77 bits per heavy atom. The fourth-order valence-electron chi connectivity index (χ4n) is 5.34. The molecule has 1 aliphatic rings. The number of sulfonamides is 1. The number of carbonyl (C=O) groups is 1. The first-order chi connectivity index (χ1) is 18.6. The minimum atomic E-state index is -3.90. The topological polar surface area (TPSA) is 111 Å². The number of methoxy groups -OCH3 is 1. The Hall–Kier alpha value is -3.80. The predicted octanol–water partition coefficient (Wildman–Crippen LogP) is 3.91. The molecule has 1 fully saturated rings. The highest BCUT2D eigenvalue weighted by Gasteiger charge is 2.41. The van der Waals surface area contributed by atoms with Crippen LogP contribution in [0.4, 0.5) is 10.2 Å². The number of rotatable bonds is 6. The SMILES string of the molecule is COc1ccccc1C(=O)n1nc(N)c(F)c1C1CCN(S(=O)(=O)c2cccc3ccccc23)C(N(C)C)C1. The van der Waals surface area contributed by atoms with Gasteiger partial charge < -0.3 is 10.5 Å². The number of hydrogen-bond donors (Lipinski definition) is 1. The Bertz CT molecular complexity index is 1650. The molecule has 2 heterocycles. The molecule has 4 aromatic rings. The van der Waals surface area contributed by atoms with E-state index in [4.69, 9.17) is 10.5 Å². The smallest absolute Gasteiger partial charge is 0.282 e. The Kier molecular flexibility index (Phi) is 7.15. The zero-order valence-corrected chi connectivity index (χ0v) is 22.7. The maximum atomic E-state index is 15.4. The molecule has 9 nitrogen and oxygen atoms in total. The summed E-state index contributed by atoms with van der Waals surface area (Å²) in [5.74, 6) is -1.93. The number of halogens is 1. The summed E-state index contributed by atoms with van der Waals surface area (Å²) in [6.07, 6.45) is -0.0912. The zero-order chi connectivity index (χ0) is 27.9. The molecule has 2 atom stereocenters. The third-order valence-corrected chi connectivity index (χ3v) is 9.22. The number of para-hydroxylation sites is 1. The van der Waals surface area contributed by atoms with E-state index in [1.54, 1.807) is 61.5 Å². The molecular weight excluding hydrogens is 521 g/mol. The van der Waals surface area contributed by atoms with Gasteiger partial charge >= 0.3 is 0 Å². The van der Waals surface area contributed by atoms with Crippen molar-refractivity contribution in [1.29, 1.82) is 0 Å². The largest absolute Gasteiger partial charge is 0.496 e. The number of fused-ring (bicyclic) bond motifs is 1. The normalized spacial score (nSPS) is 18.5. The fraction of sp³-hybridized carbons (Fsp3) is 0.286. The summed E-state index contributed by atoms with van der Waals surface area (Å²) >= 11 is 0. The average Bonchev–Trinajstić information content (AvgIpc) is 3.25. The average molecular weight is 552 g/mol. The molecule has 0 saturated carbocycles. The van der Waals surface area contributed by atoms with E-state index < -0.39 is 33.8 Å². The first kappa shape index (κ1) is 26.8. The third-order valence-electron chi connectivity index (χ3n) is 7.26. The molecule has 5 rings (SSSR count). The monoisotopic (exact) mass is 551 g/mol. The highest BCUT2D eigenvalue weighted by Crippen LogP contribution is 2.39. The molecule has 0 aliphatic carbocycles. The molecule has 2 N–H and O–H groups in total. The van der Waals surface area contributed by atoms with E-state index in [0.717, 1.165) is 10.1 Å². The Morgan fingerprint density at radius 1 is 1.08 bits per heavy atom. The summed E-state index contributed by atoms with van der Waals surface area (Å²) in [4.78, 5) is 15.5. The molecule has 11 heteroatoms. The van der Waals surface area contributed by atoms with Crippen LogP contribution in [0.2, 0.25) is 0 Å². The quantitative estimate of drug-likeness (QED) is 0.387. The Balaban J connectivity index is 1.52. The van der Waals surface area contributed by atoms with Gasteiger partial charge in [0, 0.05) is 17.8 Å². The van der Waals surface area contributed by atoms with Crippen molar-refractivity contribution in [3.8, 4) is 5.75 Å². The van der Waals surface area contributed by atoms with Gasteiger partial charge in [-0.15, -0.1) is 5.10 Å². The number of nitrogen functional groups attached to an aromatic ring is 1. The van der Waals surface area contributed by atoms with Gasteiger partial charge in [-0.2, -0.15) is 8.99 Å². The first-order valence-corrected chi connectivity index (χ1v) is 14.0. The van der Waals surface area contributed by atoms with E-state index in [9.17, 15) is 13.2 Å². The summed E-state index contributed by atoms with van der Waals surface area (Å²) in [7, 11) is 1.10. The summed E-state index contributed by atoms with van der Waals surface area (Å²) in [5.41, 5.74) is 6.10. The lowest BCUT2D eigenvalue weighted by Gasteiger charge is -2.41. The molecule has 0 bridgehead atoms. The van der Waals surface area contributed by atoms with Crippen molar-refractivity contribution >= 4 is 32.5 Å². The second kappa shape index (κ2) is 10.4. The molecule has 1 aliphatic heterocycles. The number of carbonyl (C=O) groups excluding carboxylic acids is 1. The van der Waals surface area contributed by atoms with Crippen LogP contribution in [-0.2, 0) is 10.0 Å². The van der Waals surface area contributed by atoms with Gasteiger partial charge in [0.2, 0.25) is 10.0 Å². The van der Waals surface area contributed by atoms with Gasteiger partial charge in [0.1, 0.15) is 5.75 Å². The van der Waals surface area contributed by atoms with Crippen molar-refractivity contribution in [2.45, 2.75) is 29.8 Å². The molecule has 0 radical (unpaired) electrons. The summed E-state index contributed by atoms with van der Waals surface area (Å²) in [5, 5.41) is 5.49.